The van der Waals surface area contributed by atoms with Crippen LogP contribution >= 0.6 is 0 Å². The maximum Gasteiger partial charge on any atom is 0.274 e. The van der Waals surface area contributed by atoms with Gasteiger partial charge in [0.25, 0.3) is 5.69 Å². The van der Waals surface area contributed by atoms with Crippen molar-refractivity contribution < 1.29 is 4.92 Å². The highest BCUT2D eigenvalue weighted by Gasteiger charge is 2.22. The number of hydrogen-bond donors (Lipinski definition) is 2. The Morgan fingerprint density at radius 2 is 1.70 bits per heavy atom. The summed E-state index contributed by atoms with van der Waals surface area (Å²) in [4.78, 5) is 22.6. The van der Waals surface area contributed by atoms with Gasteiger partial charge in [-0.05, 0) is 49.9 Å². The van der Waals surface area contributed by atoms with Gasteiger partial charge in [-0.15, -0.1) is 0 Å². The molecule has 5 rings (SSSR count). The van der Waals surface area contributed by atoms with E-state index in [0.29, 0.717) is 30.1 Å². The van der Waals surface area contributed by atoms with Gasteiger partial charge in [-0.1, -0.05) is 30.3 Å². The van der Waals surface area contributed by atoms with Crippen LogP contribution in [0.25, 0.3) is 10.9 Å². The number of anilines is 2. The van der Waals surface area contributed by atoms with E-state index < -0.39 is 0 Å². The van der Waals surface area contributed by atoms with Crippen LogP contribution in [0.5, 0.6) is 0 Å². The van der Waals surface area contributed by atoms with E-state index in [1.165, 1.54) is 0 Å². The molecule has 37 heavy (non-hydrogen) atoms. The maximum atomic E-state index is 11.4. The molecule has 2 N–H and O–H groups in total. The van der Waals surface area contributed by atoms with Crippen molar-refractivity contribution in [2.45, 2.75) is 50.9 Å². The van der Waals surface area contributed by atoms with Gasteiger partial charge in [0, 0.05) is 61.6 Å². The van der Waals surface area contributed by atoms with Crippen molar-refractivity contribution in [2.75, 3.05) is 24.3 Å². The number of nitrogens with one attached hydrogen (secondary N) is 2. The maximum absolute atomic E-state index is 11.4. The van der Waals surface area contributed by atoms with Gasteiger partial charge in [-0.25, -0.2) is 4.98 Å². The van der Waals surface area contributed by atoms with E-state index in [1.807, 2.05) is 61.6 Å². The lowest BCUT2D eigenvalue weighted by molar-refractivity contribution is -0.385. The number of benzene rings is 2. The van der Waals surface area contributed by atoms with Crippen LogP contribution in [0.3, 0.4) is 0 Å². The molecule has 0 unspecified atom stereocenters. The Bertz CT molecular complexity index is 1380. The van der Waals surface area contributed by atoms with Crippen molar-refractivity contribution in [3.63, 3.8) is 0 Å². The molecule has 0 atom stereocenters. The molecule has 4 aromatic rings. The fraction of sp³-hybridized carbons (Fsp3) is 0.357. The van der Waals surface area contributed by atoms with Crippen molar-refractivity contribution >= 4 is 28.4 Å². The van der Waals surface area contributed by atoms with Crippen molar-refractivity contribution in [1.29, 1.82) is 0 Å². The first kappa shape index (κ1) is 24.7. The Morgan fingerprint density at radius 1 is 0.973 bits per heavy atom. The Morgan fingerprint density at radius 3 is 2.49 bits per heavy atom. The van der Waals surface area contributed by atoms with Crippen LogP contribution < -0.4 is 15.5 Å². The molecule has 192 valence electrons. The summed E-state index contributed by atoms with van der Waals surface area (Å²) in [6, 6.07) is 19.9. The van der Waals surface area contributed by atoms with Crippen LogP contribution in [0, 0.1) is 10.1 Å². The molecule has 1 aliphatic carbocycles. The minimum atomic E-state index is -0.312. The summed E-state index contributed by atoms with van der Waals surface area (Å²) < 4.78 is 2.09. The Labute approximate surface area is 216 Å². The normalized spacial score (nSPS) is 17.6. The number of hydrogen-bond acceptors (Lipinski definition) is 7. The van der Waals surface area contributed by atoms with Crippen molar-refractivity contribution in [3.8, 4) is 0 Å². The summed E-state index contributed by atoms with van der Waals surface area (Å²) in [6.45, 7) is 1.22. The summed E-state index contributed by atoms with van der Waals surface area (Å²) in [5.74, 6) is 1.61. The number of nitro groups is 1. The Hall–Kier alpha value is -3.98. The second kappa shape index (κ2) is 11.0. The third kappa shape index (κ3) is 5.72. The minimum absolute atomic E-state index is 0.161. The van der Waals surface area contributed by atoms with Gasteiger partial charge >= 0.3 is 0 Å². The zero-order valence-corrected chi connectivity index (χ0v) is 21.3. The Balaban J connectivity index is 1.16. The summed E-state index contributed by atoms with van der Waals surface area (Å²) in [6.07, 6.45) is 6.21. The van der Waals surface area contributed by atoms with Crippen molar-refractivity contribution in [2.24, 2.45) is 0 Å². The van der Waals surface area contributed by atoms with Crippen LogP contribution in [0.15, 0.2) is 66.9 Å². The van der Waals surface area contributed by atoms with E-state index in [0.717, 1.165) is 54.6 Å². The molecule has 1 saturated carbocycles. The monoisotopic (exact) mass is 499 g/mol. The first-order chi connectivity index (χ1) is 18.0. The molecule has 9 nitrogen and oxygen atoms in total. The fourth-order valence-corrected chi connectivity index (χ4v) is 5.11. The molecule has 2 aromatic carbocycles. The van der Waals surface area contributed by atoms with E-state index in [-0.39, 0.29) is 10.6 Å². The molecule has 1 aliphatic rings. The number of aromatic nitrogens is 3. The highest BCUT2D eigenvalue weighted by molar-refractivity contribution is 5.90. The van der Waals surface area contributed by atoms with Gasteiger partial charge in [0.1, 0.15) is 5.82 Å². The predicted molar refractivity (Wildman–Crippen MR) is 147 cm³/mol. The highest BCUT2D eigenvalue weighted by Crippen LogP contribution is 2.27. The van der Waals surface area contributed by atoms with E-state index >= 15 is 0 Å². The molecule has 0 amide bonds. The average Bonchev–Trinajstić information content (AvgIpc) is 3.34. The molecule has 0 radical (unpaired) electrons. The predicted octanol–water partition coefficient (Wildman–Crippen LogP) is 4.97. The first-order valence-corrected chi connectivity index (χ1v) is 12.8. The molecular weight excluding hydrogens is 466 g/mol. The van der Waals surface area contributed by atoms with Crippen LogP contribution in [0.4, 0.5) is 17.5 Å². The smallest absolute Gasteiger partial charge is 0.274 e. The van der Waals surface area contributed by atoms with Gasteiger partial charge in [-0.3, -0.25) is 10.1 Å². The number of fused-ring (bicyclic) bond motifs is 1. The molecule has 2 aromatic heterocycles. The molecule has 0 bridgehead atoms. The lowest BCUT2D eigenvalue weighted by Crippen LogP contribution is -2.37. The van der Waals surface area contributed by atoms with E-state index in [1.54, 1.807) is 12.1 Å². The van der Waals surface area contributed by atoms with Gasteiger partial charge in [0.2, 0.25) is 5.95 Å². The number of nitrogens with zero attached hydrogens (tertiary/aromatic N) is 5. The first-order valence-electron chi connectivity index (χ1n) is 12.8. The lowest BCUT2D eigenvalue weighted by Gasteiger charge is -2.30. The molecule has 0 saturated heterocycles. The third-order valence-electron chi connectivity index (χ3n) is 7.09. The zero-order valence-electron chi connectivity index (χ0n) is 21.3. The van der Waals surface area contributed by atoms with Gasteiger partial charge in [0.15, 0.2) is 0 Å². The molecule has 0 spiro atoms. The van der Waals surface area contributed by atoms with E-state index in [9.17, 15) is 10.1 Å². The topological polar surface area (TPSA) is 101 Å². The summed E-state index contributed by atoms with van der Waals surface area (Å²) in [7, 11) is 4.01. The highest BCUT2D eigenvalue weighted by atomic mass is 16.6. The molecular formula is C28H33N7O2. The quantitative estimate of drug-likeness (QED) is 0.248. The second-order valence-electron chi connectivity index (χ2n) is 9.87. The van der Waals surface area contributed by atoms with Crippen LogP contribution in [-0.2, 0) is 13.1 Å². The van der Waals surface area contributed by atoms with Crippen LogP contribution in [0.2, 0.25) is 0 Å². The lowest BCUT2D eigenvalue weighted by atomic mass is 9.91. The SMILES string of the molecule is CN(C)c1nc(N[C@H]2CC[C@@H](NCc3cccn3Cc3ccccc3[N+](=O)[O-])CC2)nc2ccccc12. The third-order valence-corrected chi connectivity index (χ3v) is 7.09. The van der Waals surface area contributed by atoms with Gasteiger partial charge < -0.3 is 20.1 Å². The van der Waals surface area contributed by atoms with E-state index in [4.69, 9.17) is 9.97 Å². The standard InChI is InChI=1S/C28H33N7O2/c1-33(2)27-24-10-4-5-11-25(24)31-28(32-27)30-22-15-13-21(14-16-22)29-18-23-9-7-17-34(23)19-20-8-3-6-12-26(20)35(36)37/h3-12,17,21-22,29H,13-16,18-19H2,1-2H3,(H,30,31,32)/t21-,22+. The van der Waals surface area contributed by atoms with Gasteiger partial charge in [0.05, 0.1) is 17.0 Å². The number of para-hydroxylation sites is 2. The zero-order chi connectivity index (χ0) is 25.8. The van der Waals surface area contributed by atoms with Crippen molar-refractivity contribution in [1.82, 2.24) is 19.9 Å². The largest absolute Gasteiger partial charge is 0.362 e. The second-order valence-corrected chi connectivity index (χ2v) is 9.87. The minimum Gasteiger partial charge on any atom is -0.362 e. The van der Waals surface area contributed by atoms with Crippen molar-refractivity contribution in [3.05, 3.63) is 88.2 Å². The molecule has 1 fully saturated rings. The average molecular weight is 500 g/mol. The fourth-order valence-electron chi connectivity index (χ4n) is 5.11. The number of rotatable bonds is 9. The molecule has 9 heteroatoms. The Kier molecular flexibility index (Phi) is 7.32. The number of nitro benzene ring substituents is 1. The summed E-state index contributed by atoms with van der Waals surface area (Å²) in [5, 5.41) is 19.7. The van der Waals surface area contributed by atoms with Crippen LogP contribution in [-0.4, -0.2) is 45.6 Å². The molecule has 0 aliphatic heterocycles. The summed E-state index contributed by atoms with van der Waals surface area (Å²) >= 11 is 0. The molecule has 2 heterocycles. The van der Waals surface area contributed by atoms with Crippen LogP contribution in [0.1, 0.15) is 36.9 Å². The van der Waals surface area contributed by atoms with E-state index in [2.05, 4.69) is 27.3 Å². The van der Waals surface area contributed by atoms with Gasteiger partial charge in [-0.2, -0.15) is 4.98 Å². The summed E-state index contributed by atoms with van der Waals surface area (Å²) in [5.41, 5.74) is 2.95.